The van der Waals surface area contributed by atoms with Crippen molar-refractivity contribution in [2.45, 2.75) is 13.5 Å². The normalized spacial score (nSPS) is 10.9. The van der Waals surface area contributed by atoms with Gasteiger partial charge in [-0.25, -0.2) is 0 Å². The predicted molar refractivity (Wildman–Crippen MR) is 65.2 cm³/mol. The van der Waals surface area contributed by atoms with Gasteiger partial charge >= 0.3 is 0 Å². The topological polar surface area (TPSA) is 57.3 Å². The van der Waals surface area contributed by atoms with E-state index in [2.05, 4.69) is 0 Å². The second-order valence-corrected chi connectivity index (χ2v) is 3.90. The molecule has 1 aromatic carbocycles. The molecule has 90 valence electrons. The van der Waals surface area contributed by atoms with E-state index in [0.29, 0.717) is 12.2 Å². The molecule has 0 N–H and O–H groups in total. The molecule has 0 unspecified atom stereocenters. The van der Waals surface area contributed by atoms with Crippen LogP contribution in [-0.4, -0.2) is 23.2 Å². The molecule has 0 bridgehead atoms. The lowest BCUT2D eigenvalue weighted by Gasteiger charge is -2.05. The number of fused-ring (bicyclic) bond motifs is 1. The highest BCUT2D eigenvalue weighted by atomic mass is 16.6. The highest BCUT2D eigenvalue weighted by Crippen LogP contribution is 2.27. The Morgan fingerprint density at radius 1 is 1.41 bits per heavy atom. The average molecular weight is 234 g/mol. The fraction of sp³-hybridized carbons (Fsp3) is 0.333. The number of benzene rings is 1. The standard InChI is InChI=1S/C12H14N2O3/c1-9-10-5-6-13(7-8-17-2)12(10)4-3-11(9)14(15)16/h3-6H,7-8H2,1-2H3. The molecule has 0 atom stereocenters. The van der Waals surface area contributed by atoms with Gasteiger partial charge in [-0.2, -0.15) is 0 Å². The number of nitro groups is 1. The summed E-state index contributed by atoms with van der Waals surface area (Å²) in [5.74, 6) is 0. The third-order valence-corrected chi connectivity index (χ3v) is 2.93. The van der Waals surface area contributed by atoms with Gasteiger partial charge in [-0.3, -0.25) is 10.1 Å². The number of rotatable bonds is 4. The molecule has 2 aromatic rings. The summed E-state index contributed by atoms with van der Waals surface area (Å²) in [6.07, 6.45) is 1.93. The van der Waals surface area contributed by atoms with Crippen LogP contribution in [0, 0.1) is 17.0 Å². The second-order valence-electron chi connectivity index (χ2n) is 3.90. The molecule has 0 radical (unpaired) electrons. The first-order chi connectivity index (χ1) is 8.15. The van der Waals surface area contributed by atoms with Gasteiger partial charge in [0, 0.05) is 42.4 Å². The van der Waals surface area contributed by atoms with E-state index < -0.39 is 0 Å². The molecule has 1 aromatic heterocycles. The summed E-state index contributed by atoms with van der Waals surface area (Å²) in [4.78, 5) is 10.5. The van der Waals surface area contributed by atoms with Gasteiger partial charge in [0.15, 0.2) is 0 Å². The minimum atomic E-state index is -0.346. The van der Waals surface area contributed by atoms with E-state index in [1.165, 1.54) is 0 Å². The minimum absolute atomic E-state index is 0.169. The van der Waals surface area contributed by atoms with Gasteiger partial charge in [-0.05, 0) is 19.1 Å². The van der Waals surface area contributed by atoms with Crippen molar-refractivity contribution in [2.75, 3.05) is 13.7 Å². The molecule has 5 heteroatoms. The van der Waals surface area contributed by atoms with Crippen molar-refractivity contribution in [3.8, 4) is 0 Å². The van der Waals surface area contributed by atoms with E-state index in [1.54, 1.807) is 26.2 Å². The van der Waals surface area contributed by atoms with E-state index in [-0.39, 0.29) is 10.6 Å². The highest BCUT2D eigenvalue weighted by Gasteiger charge is 2.14. The molecule has 0 amide bonds. The number of hydrogen-bond donors (Lipinski definition) is 0. The van der Waals surface area contributed by atoms with Gasteiger partial charge in [0.05, 0.1) is 11.5 Å². The first-order valence-corrected chi connectivity index (χ1v) is 5.37. The Morgan fingerprint density at radius 3 is 2.82 bits per heavy atom. The van der Waals surface area contributed by atoms with Gasteiger partial charge in [0.2, 0.25) is 0 Å². The summed E-state index contributed by atoms with van der Waals surface area (Å²) < 4.78 is 7.06. The van der Waals surface area contributed by atoms with E-state index in [9.17, 15) is 10.1 Å². The highest BCUT2D eigenvalue weighted by molar-refractivity contribution is 5.86. The number of aromatic nitrogens is 1. The zero-order valence-corrected chi connectivity index (χ0v) is 9.84. The van der Waals surface area contributed by atoms with Gasteiger partial charge in [0.1, 0.15) is 0 Å². The van der Waals surface area contributed by atoms with Crippen LogP contribution >= 0.6 is 0 Å². The minimum Gasteiger partial charge on any atom is -0.383 e. The van der Waals surface area contributed by atoms with Gasteiger partial charge in [0.25, 0.3) is 5.69 Å². The van der Waals surface area contributed by atoms with Crippen molar-refractivity contribution in [1.82, 2.24) is 4.57 Å². The Hall–Kier alpha value is -1.88. The van der Waals surface area contributed by atoms with E-state index in [4.69, 9.17) is 4.74 Å². The summed E-state index contributed by atoms with van der Waals surface area (Å²) in [6.45, 7) is 3.15. The fourth-order valence-electron chi connectivity index (χ4n) is 1.99. The Balaban J connectivity index is 2.50. The van der Waals surface area contributed by atoms with Crippen molar-refractivity contribution >= 4 is 16.6 Å². The van der Waals surface area contributed by atoms with Crippen molar-refractivity contribution in [2.24, 2.45) is 0 Å². The van der Waals surface area contributed by atoms with Crippen LogP contribution in [0.25, 0.3) is 10.9 Å². The molecule has 0 saturated heterocycles. The molecular formula is C12H14N2O3. The molecule has 0 aliphatic carbocycles. The summed E-state index contributed by atoms with van der Waals surface area (Å²) in [6, 6.07) is 5.25. The van der Waals surface area contributed by atoms with Crippen LogP contribution in [-0.2, 0) is 11.3 Å². The first kappa shape index (κ1) is 11.6. The molecule has 0 aliphatic heterocycles. The molecule has 0 saturated carbocycles. The lowest BCUT2D eigenvalue weighted by molar-refractivity contribution is -0.385. The van der Waals surface area contributed by atoms with Crippen LogP contribution in [0.1, 0.15) is 5.56 Å². The Kier molecular flexibility index (Phi) is 3.10. The Bertz CT molecular complexity index is 560. The Labute approximate surface area is 98.8 Å². The Morgan fingerprint density at radius 2 is 2.18 bits per heavy atom. The van der Waals surface area contributed by atoms with Crippen LogP contribution in [0.2, 0.25) is 0 Å². The van der Waals surface area contributed by atoms with Crippen molar-refractivity contribution in [1.29, 1.82) is 0 Å². The van der Waals surface area contributed by atoms with Crippen LogP contribution in [0.5, 0.6) is 0 Å². The smallest absolute Gasteiger partial charge is 0.273 e. The summed E-state index contributed by atoms with van der Waals surface area (Å²) >= 11 is 0. The summed E-state index contributed by atoms with van der Waals surface area (Å²) in [5.41, 5.74) is 1.89. The largest absolute Gasteiger partial charge is 0.383 e. The molecule has 0 aliphatic rings. The van der Waals surface area contributed by atoms with Crippen LogP contribution in [0.3, 0.4) is 0 Å². The maximum absolute atomic E-state index is 10.8. The first-order valence-electron chi connectivity index (χ1n) is 5.37. The number of ether oxygens (including phenoxy) is 1. The van der Waals surface area contributed by atoms with Crippen LogP contribution in [0.15, 0.2) is 24.4 Å². The van der Waals surface area contributed by atoms with Crippen LogP contribution in [0.4, 0.5) is 5.69 Å². The number of nitro benzene ring substituents is 1. The third-order valence-electron chi connectivity index (χ3n) is 2.93. The number of aryl methyl sites for hydroxylation is 1. The van der Waals surface area contributed by atoms with E-state index in [0.717, 1.165) is 17.4 Å². The van der Waals surface area contributed by atoms with Crippen molar-refractivity contribution in [3.05, 3.63) is 40.1 Å². The number of methoxy groups -OCH3 is 1. The van der Waals surface area contributed by atoms with E-state index >= 15 is 0 Å². The van der Waals surface area contributed by atoms with Gasteiger partial charge in [-0.1, -0.05) is 0 Å². The van der Waals surface area contributed by atoms with Gasteiger partial charge in [-0.15, -0.1) is 0 Å². The molecular weight excluding hydrogens is 220 g/mol. The SMILES string of the molecule is COCCn1ccc2c(C)c([N+](=O)[O-])ccc21. The monoisotopic (exact) mass is 234 g/mol. The van der Waals surface area contributed by atoms with Gasteiger partial charge < -0.3 is 9.30 Å². The fourth-order valence-corrected chi connectivity index (χ4v) is 1.99. The molecule has 1 heterocycles. The summed E-state index contributed by atoms with van der Waals surface area (Å²) in [5, 5.41) is 11.7. The maximum atomic E-state index is 10.8. The third kappa shape index (κ3) is 2.01. The molecule has 5 nitrogen and oxygen atoms in total. The molecule has 2 rings (SSSR count). The lowest BCUT2D eigenvalue weighted by atomic mass is 10.1. The maximum Gasteiger partial charge on any atom is 0.273 e. The van der Waals surface area contributed by atoms with Crippen LogP contribution < -0.4 is 0 Å². The number of nitrogens with zero attached hydrogens (tertiary/aromatic N) is 2. The number of hydrogen-bond acceptors (Lipinski definition) is 3. The molecule has 0 spiro atoms. The molecule has 0 fully saturated rings. The molecule has 17 heavy (non-hydrogen) atoms. The lowest BCUT2D eigenvalue weighted by Crippen LogP contribution is -2.02. The second kappa shape index (κ2) is 4.55. The summed E-state index contributed by atoms with van der Waals surface area (Å²) in [7, 11) is 1.65. The van der Waals surface area contributed by atoms with E-state index in [1.807, 2.05) is 16.8 Å². The quantitative estimate of drug-likeness (QED) is 0.603. The zero-order chi connectivity index (χ0) is 12.4. The zero-order valence-electron chi connectivity index (χ0n) is 9.84. The average Bonchev–Trinajstić information content (AvgIpc) is 2.70. The predicted octanol–water partition coefficient (Wildman–Crippen LogP) is 2.50. The van der Waals surface area contributed by atoms with Crippen molar-refractivity contribution in [3.63, 3.8) is 0 Å². The van der Waals surface area contributed by atoms with Crippen molar-refractivity contribution < 1.29 is 9.66 Å².